The van der Waals surface area contributed by atoms with E-state index in [1.165, 1.54) is 5.56 Å². The summed E-state index contributed by atoms with van der Waals surface area (Å²) in [4.78, 5) is 14.2. The van der Waals surface area contributed by atoms with Crippen LogP contribution in [0.2, 0.25) is 0 Å². The zero-order chi connectivity index (χ0) is 15.2. The first kappa shape index (κ1) is 14.9. The molecule has 3 rings (SSSR count). The van der Waals surface area contributed by atoms with Gasteiger partial charge in [-0.25, -0.2) is 0 Å². The van der Waals surface area contributed by atoms with Gasteiger partial charge in [0, 0.05) is 0 Å². The van der Waals surface area contributed by atoms with Gasteiger partial charge in [0.05, 0.1) is 19.4 Å². The maximum absolute atomic E-state index is 12.0. The number of benzene rings is 1. The highest BCUT2D eigenvalue weighted by molar-refractivity contribution is 5.77. The van der Waals surface area contributed by atoms with Crippen molar-refractivity contribution in [3.8, 4) is 0 Å². The smallest absolute Gasteiger partial charge is 0.234 e. The molecule has 1 fully saturated rings. The number of hydrogen-bond donors (Lipinski definition) is 1. The third-order valence-corrected chi connectivity index (χ3v) is 4.27. The minimum atomic E-state index is 0.0644. The van der Waals surface area contributed by atoms with E-state index in [-0.39, 0.29) is 5.91 Å². The standard InChI is InChI=1S/C18H22N2O2/c21-18(19-13-17-7-4-12-22-17)14-20-10-8-16(9-11-20)15-5-2-1-3-6-15/h1-7,12,16H,8-11,13-14H2,(H,19,21). The third-order valence-electron chi connectivity index (χ3n) is 4.27. The number of nitrogens with zero attached hydrogens (tertiary/aromatic N) is 1. The summed E-state index contributed by atoms with van der Waals surface area (Å²) >= 11 is 0. The Bertz CT molecular complexity index is 572. The molecule has 0 spiro atoms. The van der Waals surface area contributed by atoms with Gasteiger partial charge in [0.1, 0.15) is 5.76 Å². The minimum absolute atomic E-state index is 0.0644. The predicted molar refractivity (Wildman–Crippen MR) is 85.4 cm³/mol. The SMILES string of the molecule is O=C(CN1CCC(c2ccccc2)CC1)NCc1ccco1. The van der Waals surface area contributed by atoms with Gasteiger partial charge in [-0.05, 0) is 49.5 Å². The molecular formula is C18H22N2O2. The van der Waals surface area contributed by atoms with E-state index in [1.54, 1.807) is 6.26 Å². The van der Waals surface area contributed by atoms with Crippen LogP contribution >= 0.6 is 0 Å². The van der Waals surface area contributed by atoms with Crippen LogP contribution in [0.5, 0.6) is 0 Å². The Morgan fingerprint density at radius 1 is 1.14 bits per heavy atom. The Balaban J connectivity index is 1.41. The zero-order valence-electron chi connectivity index (χ0n) is 12.7. The van der Waals surface area contributed by atoms with Gasteiger partial charge in [0.15, 0.2) is 0 Å². The van der Waals surface area contributed by atoms with Crippen LogP contribution in [-0.2, 0) is 11.3 Å². The summed E-state index contributed by atoms with van der Waals surface area (Å²) in [6, 6.07) is 14.4. The number of rotatable bonds is 5. The van der Waals surface area contributed by atoms with E-state index in [9.17, 15) is 4.79 Å². The molecule has 0 saturated carbocycles. The van der Waals surface area contributed by atoms with Gasteiger partial charge in [0.2, 0.25) is 5.91 Å². The summed E-state index contributed by atoms with van der Waals surface area (Å²) < 4.78 is 5.21. The van der Waals surface area contributed by atoms with Crippen molar-refractivity contribution in [3.05, 3.63) is 60.1 Å². The van der Waals surface area contributed by atoms with Gasteiger partial charge in [-0.1, -0.05) is 30.3 Å². The number of hydrogen-bond acceptors (Lipinski definition) is 3. The van der Waals surface area contributed by atoms with E-state index in [0.29, 0.717) is 19.0 Å². The Morgan fingerprint density at radius 2 is 1.91 bits per heavy atom. The fraction of sp³-hybridized carbons (Fsp3) is 0.389. The second-order valence-corrected chi connectivity index (χ2v) is 5.82. The molecule has 22 heavy (non-hydrogen) atoms. The van der Waals surface area contributed by atoms with Crippen LogP contribution in [-0.4, -0.2) is 30.4 Å². The highest BCUT2D eigenvalue weighted by Crippen LogP contribution is 2.27. The summed E-state index contributed by atoms with van der Waals surface area (Å²) in [7, 11) is 0. The van der Waals surface area contributed by atoms with Crippen molar-refractivity contribution in [2.24, 2.45) is 0 Å². The quantitative estimate of drug-likeness (QED) is 0.923. The summed E-state index contributed by atoms with van der Waals surface area (Å²) in [5, 5.41) is 2.90. The second kappa shape index (κ2) is 7.27. The lowest BCUT2D eigenvalue weighted by Gasteiger charge is -2.31. The first-order valence-corrected chi connectivity index (χ1v) is 7.87. The fourth-order valence-electron chi connectivity index (χ4n) is 3.01. The Kier molecular flexibility index (Phi) is 4.91. The molecule has 2 aromatic rings. The van der Waals surface area contributed by atoms with Gasteiger partial charge in [-0.3, -0.25) is 9.69 Å². The van der Waals surface area contributed by atoms with E-state index in [1.807, 2.05) is 12.1 Å². The lowest BCUT2D eigenvalue weighted by molar-refractivity contribution is -0.122. The molecule has 1 amide bonds. The molecule has 1 N–H and O–H groups in total. The van der Waals surface area contributed by atoms with Crippen molar-refractivity contribution in [2.75, 3.05) is 19.6 Å². The fourth-order valence-corrected chi connectivity index (χ4v) is 3.01. The first-order chi connectivity index (χ1) is 10.8. The maximum atomic E-state index is 12.0. The van der Waals surface area contributed by atoms with Crippen molar-refractivity contribution >= 4 is 5.91 Å². The number of amides is 1. The van der Waals surface area contributed by atoms with Gasteiger partial charge >= 0.3 is 0 Å². The van der Waals surface area contributed by atoms with E-state index in [4.69, 9.17) is 4.42 Å². The molecule has 4 nitrogen and oxygen atoms in total. The second-order valence-electron chi connectivity index (χ2n) is 5.82. The molecule has 1 saturated heterocycles. The molecule has 0 aliphatic carbocycles. The summed E-state index contributed by atoms with van der Waals surface area (Å²) in [5.41, 5.74) is 1.42. The molecule has 0 bridgehead atoms. The lowest BCUT2D eigenvalue weighted by atomic mass is 9.89. The molecule has 4 heteroatoms. The Hall–Kier alpha value is -2.07. The predicted octanol–water partition coefficient (Wildman–Crippen LogP) is 2.78. The molecule has 2 heterocycles. The normalized spacial score (nSPS) is 16.5. The van der Waals surface area contributed by atoms with Crippen LogP contribution in [0.15, 0.2) is 53.1 Å². The minimum Gasteiger partial charge on any atom is -0.467 e. The van der Waals surface area contributed by atoms with Crippen molar-refractivity contribution in [1.82, 2.24) is 10.2 Å². The third kappa shape index (κ3) is 3.98. The molecule has 1 aliphatic rings. The van der Waals surface area contributed by atoms with Gasteiger partial charge in [0.25, 0.3) is 0 Å². The van der Waals surface area contributed by atoms with Crippen LogP contribution in [0.4, 0.5) is 0 Å². The lowest BCUT2D eigenvalue weighted by Crippen LogP contribution is -2.40. The summed E-state index contributed by atoms with van der Waals surface area (Å²) in [5.74, 6) is 1.48. The van der Waals surface area contributed by atoms with Crippen molar-refractivity contribution < 1.29 is 9.21 Å². The first-order valence-electron chi connectivity index (χ1n) is 7.87. The van der Waals surface area contributed by atoms with Crippen LogP contribution < -0.4 is 5.32 Å². The van der Waals surface area contributed by atoms with Gasteiger partial charge in [-0.15, -0.1) is 0 Å². The van der Waals surface area contributed by atoms with Crippen LogP contribution in [0, 0.1) is 0 Å². The highest BCUT2D eigenvalue weighted by atomic mass is 16.3. The Morgan fingerprint density at radius 3 is 2.59 bits per heavy atom. The number of piperidine rings is 1. The summed E-state index contributed by atoms with van der Waals surface area (Å²) in [6.45, 7) is 2.90. The average molecular weight is 298 g/mol. The molecule has 1 aromatic heterocycles. The largest absolute Gasteiger partial charge is 0.467 e. The Labute approximate surface area is 131 Å². The molecule has 0 atom stereocenters. The number of furan rings is 1. The topological polar surface area (TPSA) is 45.5 Å². The van der Waals surface area contributed by atoms with Gasteiger partial charge < -0.3 is 9.73 Å². The van der Waals surface area contributed by atoms with Crippen LogP contribution in [0.1, 0.15) is 30.1 Å². The van der Waals surface area contributed by atoms with E-state index < -0.39 is 0 Å². The highest BCUT2D eigenvalue weighted by Gasteiger charge is 2.21. The summed E-state index contributed by atoms with van der Waals surface area (Å²) in [6.07, 6.45) is 3.86. The number of nitrogens with one attached hydrogen (secondary N) is 1. The molecule has 0 unspecified atom stereocenters. The van der Waals surface area contributed by atoms with E-state index in [0.717, 1.165) is 31.7 Å². The van der Waals surface area contributed by atoms with Crippen LogP contribution in [0.3, 0.4) is 0 Å². The molecule has 0 radical (unpaired) electrons. The molecule has 116 valence electrons. The molecule has 1 aliphatic heterocycles. The monoisotopic (exact) mass is 298 g/mol. The maximum Gasteiger partial charge on any atom is 0.234 e. The molecular weight excluding hydrogens is 276 g/mol. The van der Waals surface area contributed by atoms with Crippen molar-refractivity contribution in [3.63, 3.8) is 0 Å². The number of carbonyl (C=O) groups excluding carboxylic acids is 1. The van der Waals surface area contributed by atoms with E-state index in [2.05, 4.69) is 40.5 Å². The van der Waals surface area contributed by atoms with E-state index >= 15 is 0 Å². The van der Waals surface area contributed by atoms with Crippen molar-refractivity contribution in [2.45, 2.75) is 25.3 Å². The van der Waals surface area contributed by atoms with Crippen molar-refractivity contribution in [1.29, 1.82) is 0 Å². The number of carbonyl (C=O) groups is 1. The number of likely N-dealkylation sites (tertiary alicyclic amines) is 1. The average Bonchev–Trinajstić information content (AvgIpc) is 3.08. The molecule has 1 aromatic carbocycles. The van der Waals surface area contributed by atoms with Gasteiger partial charge in [-0.2, -0.15) is 0 Å². The zero-order valence-corrected chi connectivity index (χ0v) is 12.7. The van der Waals surface area contributed by atoms with Crippen LogP contribution in [0.25, 0.3) is 0 Å².